The maximum Gasteiger partial charge on any atom is 0.343 e. The molecule has 0 aliphatic heterocycles. The Balaban J connectivity index is 1.59. The number of aryl methyl sites for hydroxylation is 2. The molecular weight excluding hydrogens is 456 g/mol. The van der Waals surface area contributed by atoms with Crippen LogP contribution in [0.3, 0.4) is 0 Å². The first-order chi connectivity index (χ1) is 16.4. The minimum absolute atomic E-state index is 0.163. The lowest BCUT2D eigenvalue weighted by atomic mass is 10.1. The molecule has 1 N–H and O–H groups in total. The molecule has 0 spiro atoms. The number of benzene rings is 3. The Morgan fingerprint density at radius 1 is 0.941 bits per heavy atom. The van der Waals surface area contributed by atoms with Gasteiger partial charge in [0.25, 0.3) is 5.91 Å². The first-order valence-corrected chi connectivity index (χ1v) is 11.0. The average Bonchev–Trinajstić information content (AvgIpc) is 2.82. The molecule has 0 fully saturated rings. The molecule has 3 rings (SSSR count). The fourth-order valence-corrected chi connectivity index (χ4v) is 2.99. The molecule has 7 nitrogen and oxygen atoms in total. The highest BCUT2D eigenvalue weighted by Crippen LogP contribution is 2.29. The predicted molar refractivity (Wildman–Crippen MR) is 131 cm³/mol. The van der Waals surface area contributed by atoms with E-state index in [9.17, 15) is 9.59 Å². The average molecular weight is 481 g/mol. The third-order valence-electron chi connectivity index (χ3n) is 4.80. The van der Waals surface area contributed by atoms with Gasteiger partial charge < -0.3 is 14.2 Å². The summed E-state index contributed by atoms with van der Waals surface area (Å²) in [4.78, 5) is 24.4. The van der Waals surface area contributed by atoms with Gasteiger partial charge in [-0.15, -0.1) is 0 Å². The number of hydrogen-bond donors (Lipinski definition) is 1. The van der Waals surface area contributed by atoms with Crippen LogP contribution in [0.2, 0.25) is 5.02 Å². The number of rotatable bonds is 9. The molecule has 0 aliphatic carbocycles. The van der Waals surface area contributed by atoms with Gasteiger partial charge in [0.1, 0.15) is 5.75 Å². The van der Waals surface area contributed by atoms with Crippen LogP contribution in [0.1, 0.15) is 34.0 Å². The summed E-state index contributed by atoms with van der Waals surface area (Å²) in [5.41, 5.74) is 5.67. The zero-order valence-electron chi connectivity index (χ0n) is 19.1. The van der Waals surface area contributed by atoms with E-state index in [1.165, 1.54) is 6.21 Å². The molecule has 0 bridgehead atoms. The summed E-state index contributed by atoms with van der Waals surface area (Å²) < 4.78 is 16.6. The lowest BCUT2D eigenvalue weighted by Gasteiger charge is -2.11. The van der Waals surface area contributed by atoms with Gasteiger partial charge in [0, 0.05) is 5.02 Å². The number of carbonyl (C=O) groups is 2. The van der Waals surface area contributed by atoms with Crippen LogP contribution in [0.15, 0.2) is 65.8 Å². The van der Waals surface area contributed by atoms with Gasteiger partial charge in [0.15, 0.2) is 18.1 Å². The van der Waals surface area contributed by atoms with E-state index in [4.69, 9.17) is 25.8 Å². The van der Waals surface area contributed by atoms with Crippen molar-refractivity contribution >= 4 is 29.7 Å². The normalized spacial score (nSPS) is 10.7. The van der Waals surface area contributed by atoms with E-state index in [1.54, 1.807) is 42.5 Å². The summed E-state index contributed by atoms with van der Waals surface area (Å²) in [6, 6.07) is 17.0. The highest BCUT2D eigenvalue weighted by molar-refractivity contribution is 6.30. The summed E-state index contributed by atoms with van der Waals surface area (Å²) in [5, 5.41) is 4.48. The molecule has 176 valence electrons. The Bertz CT molecular complexity index is 1190. The molecule has 0 radical (unpaired) electrons. The van der Waals surface area contributed by atoms with Crippen LogP contribution < -0.4 is 19.6 Å². The second-order valence-corrected chi connectivity index (χ2v) is 7.80. The molecule has 0 aromatic heterocycles. The minimum Gasteiger partial charge on any atom is -0.490 e. The number of carbonyl (C=O) groups excluding carboxylic acids is 2. The van der Waals surface area contributed by atoms with Crippen molar-refractivity contribution in [3.63, 3.8) is 0 Å². The number of ether oxygens (including phenoxy) is 3. The van der Waals surface area contributed by atoms with Crippen LogP contribution >= 0.6 is 11.6 Å². The van der Waals surface area contributed by atoms with Crippen molar-refractivity contribution < 1.29 is 23.8 Å². The first-order valence-electron chi connectivity index (χ1n) is 10.6. The van der Waals surface area contributed by atoms with Gasteiger partial charge in [0.2, 0.25) is 0 Å². The van der Waals surface area contributed by atoms with E-state index >= 15 is 0 Å². The number of halogens is 1. The number of amides is 1. The summed E-state index contributed by atoms with van der Waals surface area (Å²) in [6.45, 7) is 6.02. The quantitative estimate of drug-likeness (QED) is 0.199. The maximum atomic E-state index is 12.4. The molecule has 0 heterocycles. The van der Waals surface area contributed by atoms with Gasteiger partial charge in [-0.05, 0) is 92.1 Å². The van der Waals surface area contributed by atoms with Crippen LogP contribution in [0.5, 0.6) is 17.2 Å². The van der Waals surface area contributed by atoms with E-state index in [2.05, 4.69) is 10.5 Å². The van der Waals surface area contributed by atoms with Crippen molar-refractivity contribution in [1.82, 2.24) is 5.43 Å². The highest BCUT2D eigenvalue weighted by atomic mass is 35.5. The maximum absolute atomic E-state index is 12.4. The molecule has 1 amide bonds. The van der Waals surface area contributed by atoms with Gasteiger partial charge in [-0.2, -0.15) is 5.10 Å². The molecule has 0 saturated heterocycles. The number of nitrogens with zero attached hydrogens (tertiary/aromatic N) is 1. The zero-order chi connectivity index (χ0) is 24.5. The molecular formula is C26H25ClN2O5. The topological polar surface area (TPSA) is 86.2 Å². The zero-order valence-corrected chi connectivity index (χ0v) is 19.9. The fourth-order valence-electron chi connectivity index (χ4n) is 2.87. The number of esters is 1. The second-order valence-electron chi connectivity index (χ2n) is 7.36. The SMILES string of the molecule is CCOc1cc(/C=N\NC(=O)COc2ccc(C)c(C)c2)ccc1OC(=O)c1ccc(Cl)cc1. The van der Waals surface area contributed by atoms with Crippen LogP contribution in [-0.4, -0.2) is 31.3 Å². The first kappa shape index (κ1) is 24.8. The Morgan fingerprint density at radius 3 is 2.41 bits per heavy atom. The Kier molecular flexibility index (Phi) is 8.65. The number of nitrogens with one attached hydrogen (secondary N) is 1. The highest BCUT2D eigenvalue weighted by Gasteiger charge is 2.13. The number of hydrogen-bond acceptors (Lipinski definition) is 6. The second kappa shape index (κ2) is 11.9. The van der Waals surface area contributed by atoms with E-state index in [1.807, 2.05) is 39.0 Å². The molecule has 8 heteroatoms. The molecule has 0 atom stereocenters. The largest absolute Gasteiger partial charge is 0.490 e. The smallest absolute Gasteiger partial charge is 0.343 e. The van der Waals surface area contributed by atoms with Gasteiger partial charge in [-0.3, -0.25) is 4.79 Å². The van der Waals surface area contributed by atoms with Gasteiger partial charge in [-0.25, -0.2) is 10.2 Å². The molecule has 34 heavy (non-hydrogen) atoms. The van der Waals surface area contributed by atoms with E-state index in [-0.39, 0.29) is 12.4 Å². The molecule has 3 aromatic carbocycles. The molecule has 3 aromatic rings. The van der Waals surface area contributed by atoms with Crippen molar-refractivity contribution in [2.45, 2.75) is 20.8 Å². The summed E-state index contributed by atoms with van der Waals surface area (Å²) in [7, 11) is 0. The van der Waals surface area contributed by atoms with Crippen LogP contribution in [0, 0.1) is 13.8 Å². The monoisotopic (exact) mass is 480 g/mol. The Morgan fingerprint density at radius 2 is 1.71 bits per heavy atom. The molecule has 0 aliphatic rings. The van der Waals surface area contributed by atoms with Crippen LogP contribution in [0.25, 0.3) is 0 Å². The lowest BCUT2D eigenvalue weighted by molar-refractivity contribution is -0.123. The standard InChI is InChI=1S/C26H25ClN2O5/c1-4-32-24-14-19(6-12-23(24)34-26(31)20-7-9-21(27)10-8-20)15-28-29-25(30)16-33-22-11-5-17(2)18(3)13-22/h5-15H,4,16H2,1-3H3,(H,29,30)/b28-15-. The minimum atomic E-state index is -0.532. The van der Waals surface area contributed by atoms with Gasteiger partial charge in [0.05, 0.1) is 18.4 Å². The third kappa shape index (κ3) is 7.08. The Labute approximate surface area is 203 Å². The van der Waals surface area contributed by atoms with Crippen LogP contribution in [0.4, 0.5) is 0 Å². The molecule has 0 saturated carbocycles. The summed E-state index contributed by atoms with van der Waals surface area (Å²) in [6.07, 6.45) is 1.46. The van der Waals surface area contributed by atoms with Crippen molar-refractivity contribution in [3.8, 4) is 17.2 Å². The van der Waals surface area contributed by atoms with E-state index in [0.717, 1.165) is 11.1 Å². The van der Waals surface area contributed by atoms with Gasteiger partial charge in [-0.1, -0.05) is 17.7 Å². The van der Waals surface area contributed by atoms with Crippen molar-refractivity contribution in [2.75, 3.05) is 13.2 Å². The summed E-state index contributed by atoms with van der Waals surface area (Å²) in [5.74, 6) is 0.332. The van der Waals surface area contributed by atoms with Crippen molar-refractivity contribution in [1.29, 1.82) is 0 Å². The van der Waals surface area contributed by atoms with Crippen molar-refractivity contribution in [3.05, 3.63) is 87.9 Å². The number of hydrazone groups is 1. The lowest BCUT2D eigenvalue weighted by Crippen LogP contribution is -2.24. The van der Waals surface area contributed by atoms with Gasteiger partial charge >= 0.3 is 5.97 Å². The predicted octanol–water partition coefficient (Wildman–Crippen LogP) is 5.10. The summed E-state index contributed by atoms with van der Waals surface area (Å²) >= 11 is 5.86. The van der Waals surface area contributed by atoms with Crippen molar-refractivity contribution in [2.24, 2.45) is 5.10 Å². The van der Waals surface area contributed by atoms with Crippen LogP contribution in [-0.2, 0) is 4.79 Å². The molecule has 0 unspecified atom stereocenters. The third-order valence-corrected chi connectivity index (χ3v) is 5.05. The Hall–Kier alpha value is -3.84. The van der Waals surface area contributed by atoms with E-state index < -0.39 is 11.9 Å². The van der Waals surface area contributed by atoms with E-state index in [0.29, 0.717) is 34.3 Å². The fraction of sp³-hybridized carbons (Fsp3) is 0.192.